The number of fused-ring (bicyclic) bond motifs is 1. The molecule has 74 valence electrons. The van der Waals surface area contributed by atoms with Gasteiger partial charge in [-0.15, -0.1) is 0 Å². The van der Waals surface area contributed by atoms with Crippen LogP contribution in [0, 0.1) is 0 Å². The number of aryl methyl sites for hydroxylation is 1. The van der Waals surface area contributed by atoms with Crippen molar-refractivity contribution in [3.63, 3.8) is 0 Å². The van der Waals surface area contributed by atoms with Crippen molar-refractivity contribution in [2.24, 2.45) is 5.73 Å². The van der Waals surface area contributed by atoms with Gasteiger partial charge in [-0.3, -0.25) is 0 Å². The molecule has 3 nitrogen and oxygen atoms in total. The number of nitrogens with two attached hydrogens (primary N) is 1. The molecule has 0 radical (unpaired) electrons. The topological polar surface area (TPSA) is 63.3 Å². The van der Waals surface area contributed by atoms with Crippen LogP contribution >= 0.6 is 11.6 Å². The first kappa shape index (κ1) is 9.49. The molecule has 14 heavy (non-hydrogen) atoms. The molecule has 0 saturated carbocycles. The minimum absolute atomic E-state index is 0.442. The van der Waals surface area contributed by atoms with Gasteiger partial charge in [-0.1, -0.05) is 17.7 Å². The van der Waals surface area contributed by atoms with Crippen LogP contribution in [-0.2, 0) is 16.8 Å². The smallest absolute Gasteiger partial charge is 0.328 e. The van der Waals surface area contributed by atoms with E-state index < -0.39 is 11.5 Å². The first-order valence-corrected chi connectivity index (χ1v) is 4.73. The lowest BCUT2D eigenvalue weighted by Gasteiger charge is -2.19. The molecule has 1 aromatic rings. The highest BCUT2D eigenvalue weighted by molar-refractivity contribution is 6.30. The largest absolute Gasteiger partial charge is 0.480 e. The fraction of sp³-hybridized carbons (Fsp3) is 0.300. The van der Waals surface area contributed by atoms with Crippen LogP contribution in [0.1, 0.15) is 17.5 Å². The van der Waals surface area contributed by atoms with Gasteiger partial charge in [-0.05, 0) is 36.1 Å². The minimum Gasteiger partial charge on any atom is -0.480 e. The van der Waals surface area contributed by atoms with E-state index >= 15 is 0 Å². The zero-order valence-electron chi connectivity index (χ0n) is 7.46. The second-order valence-electron chi connectivity index (χ2n) is 3.58. The predicted octanol–water partition coefficient (Wildman–Crippen LogP) is 1.52. The number of benzene rings is 1. The second kappa shape index (κ2) is 2.97. The van der Waals surface area contributed by atoms with E-state index in [-0.39, 0.29) is 0 Å². The predicted molar refractivity (Wildman–Crippen MR) is 53.3 cm³/mol. The Morgan fingerprint density at radius 3 is 2.93 bits per heavy atom. The Balaban J connectivity index is 2.55. The number of carboxylic acid groups (broad SMARTS) is 1. The number of hydrogen-bond acceptors (Lipinski definition) is 2. The highest BCUT2D eigenvalue weighted by Gasteiger charge is 2.41. The van der Waals surface area contributed by atoms with Crippen molar-refractivity contribution < 1.29 is 9.90 Å². The van der Waals surface area contributed by atoms with Gasteiger partial charge in [-0.2, -0.15) is 0 Å². The SMILES string of the molecule is N[C@]1(C(=O)O)CCc2cc(Cl)ccc21. The first-order valence-electron chi connectivity index (χ1n) is 4.35. The van der Waals surface area contributed by atoms with Crippen LogP contribution in [0.3, 0.4) is 0 Å². The summed E-state index contributed by atoms with van der Waals surface area (Å²) in [5.74, 6) is -0.974. The van der Waals surface area contributed by atoms with Gasteiger partial charge < -0.3 is 10.8 Å². The fourth-order valence-corrected chi connectivity index (χ4v) is 2.09. The van der Waals surface area contributed by atoms with Crippen LogP contribution in [0.5, 0.6) is 0 Å². The number of hydrogen-bond donors (Lipinski definition) is 2. The van der Waals surface area contributed by atoms with E-state index in [1.54, 1.807) is 18.2 Å². The van der Waals surface area contributed by atoms with Crippen LogP contribution in [0.25, 0.3) is 0 Å². The van der Waals surface area contributed by atoms with E-state index in [0.717, 1.165) is 5.56 Å². The molecule has 0 heterocycles. The Bertz CT molecular complexity index is 405. The summed E-state index contributed by atoms with van der Waals surface area (Å²) >= 11 is 5.81. The first-order chi connectivity index (χ1) is 6.54. The van der Waals surface area contributed by atoms with Gasteiger partial charge >= 0.3 is 5.97 Å². The fourth-order valence-electron chi connectivity index (χ4n) is 1.89. The highest BCUT2D eigenvalue weighted by atomic mass is 35.5. The molecule has 0 unspecified atom stereocenters. The summed E-state index contributed by atoms with van der Waals surface area (Å²) in [6.45, 7) is 0. The summed E-state index contributed by atoms with van der Waals surface area (Å²) in [6, 6.07) is 5.17. The van der Waals surface area contributed by atoms with E-state index in [9.17, 15) is 4.79 Å². The van der Waals surface area contributed by atoms with Crippen LogP contribution in [0.2, 0.25) is 5.02 Å². The summed E-state index contributed by atoms with van der Waals surface area (Å²) in [5, 5.41) is 9.65. The monoisotopic (exact) mass is 211 g/mol. The lowest BCUT2D eigenvalue weighted by Crippen LogP contribution is -2.42. The number of halogens is 1. The molecule has 1 aliphatic carbocycles. The van der Waals surface area contributed by atoms with E-state index in [4.69, 9.17) is 22.4 Å². The second-order valence-corrected chi connectivity index (χ2v) is 4.01. The summed E-state index contributed by atoms with van der Waals surface area (Å²) in [4.78, 5) is 11.0. The number of carbonyl (C=O) groups is 1. The Labute approximate surface area is 86.5 Å². The van der Waals surface area contributed by atoms with Crippen molar-refractivity contribution in [3.05, 3.63) is 34.3 Å². The molecule has 0 amide bonds. The number of aliphatic carboxylic acids is 1. The van der Waals surface area contributed by atoms with E-state index in [1.165, 1.54) is 0 Å². The molecule has 4 heteroatoms. The minimum atomic E-state index is -1.22. The van der Waals surface area contributed by atoms with Crippen molar-refractivity contribution in [3.8, 4) is 0 Å². The summed E-state index contributed by atoms with van der Waals surface area (Å²) in [6.07, 6.45) is 1.12. The molecule has 0 bridgehead atoms. The molecule has 0 aromatic heterocycles. The molecule has 1 aliphatic rings. The third kappa shape index (κ3) is 1.21. The summed E-state index contributed by atoms with van der Waals surface area (Å²) < 4.78 is 0. The Morgan fingerprint density at radius 1 is 1.57 bits per heavy atom. The van der Waals surface area contributed by atoms with Gasteiger partial charge in [0.15, 0.2) is 0 Å². The standard InChI is InChI=1S/C10H10ClNO2/c11-7-1-2-8-6(5-7)3-4-10(8,12)9(13)14/h1-2,5H,3-4,12H2,(H,13,14)/t10-/m1/s1. The molecule has 2 rings (SSSR count). The Hall–Kier alpha value is -1.06. The zero-order valence-corrected chi connectivity index (χ0v) is 8.21. The maximum Gasteiger partial charge on any atom is 0.328 e. The molecule has 0 aliphatic heterocycles. The van der Waals surface area contributed by atoms with E-state index in [1.807, 2.05) is 0 Å². The lowest BCUT2D eigenvalue weighted by molar-refractivity contribution is -0.143. The third-order valence-electron chi connectivity index (χ3n) is 2.72. The number of carboxylic acids is 1. The van der Waals surface area contributed by atoms with Crippen LogP contribution < -0.4 is 5.73 Å². The normalized spacial score (nSPS) is 24.7. The molecule has 0 saturated heterocycles. The van der Waals surface area contributed by atoms with Crippen molar-refractivity contribution in [2.45, 2.75) is 18.4 Å². The van der Waals surface area contributed by atoms with Crippen molar-refractivity contribution in [1.29, 1.82) is 0 Å². The van der Waals surface area contributed by atoms with Gasteiger partial charge in [0.25, 0.3) is 0 Å². The summed E-state index contributed by atoms with van der Waals surface area (Å²) in [7, 11) is 0. The molecule has 1 aromatic carbocycles. The lowest BCUT2D eigenvalue weighted by atomic mass is 9.93. The average molecular weight is 212 g/mol. The van der Waals surface area contributed by atoms with Crippen molar-refractivity contribution >= 4 is 17.6 Å². The molecule has 0 fully saturated rings. The van der Waals surface area contributed by atoms with Crippen LogP contribution in [0.4, 0.5) is 0 Å². The van der Waals surface area contributed by atoms with Crippen LogP contribution in [0.15, 0.2) is 18.2 Å². The van der Waals surface area contributed by atoms with Gasteiger partial charge in [0.05, 0.1) is 0 Å². The van der Waals surface area contributed by atoms with Gasteiger partial charge in [-0.25, -0.2) is 4.79 Å². The van der Waals surface area contributed by atoms with Gasteiger partial charge in [0, 0.05) is 5.02 Å². The summed E-state index contributed by atoms with van der Waals surface area (Å²) in [5.41, 5.74) is 6.23. The van der Waals surface area contributed by atoms with Crippen molar-refractivity contribution in [2.75, 3.05) is 0 Å². The molecule has 1 atom stereocenters. The highest BCUT2D eigenvalue weighted by Crippen LogP contribution is 2.36. The van der Waals surface area contributed by atoms with Gasteiger partial charge in [0.1, 0.15) is 5.54 Å². The molecular formula is C10H10ClNO2. The molecular weight excluding hydrogens is 202 g/mol. The molecule has 0 spiro atoms. The average Bonchev–Trinajstić information content (AvgIpc) is 2.45. The molecule has 3 N–H and O–H groups in total. The van der Waals surface area contributed by atoms with Crippen LogP contribution in [-0.4, -0.2) is 11.1 Å². The maximum absolute atomic E-state index is 11.0. The zero-order chi connectivity index (χ0) is 10.3. The Morgan fingerprint density at radius 2 is 2.29 bits per heavy atom. The maximum atomic E-state index is 11.0. The van der Waals surface area contributed by atoms with Gasteiger partial charge in [0.2, 0.25) is 0 Å². The van der Waals surface area contributed by atoms with E-state index in [0.29, 0.717) is 23.4 Å². The number of rotatable bonds is 1. The van der Waals surface area contributed by atoms with E-state index in [2.05, 4.69) is 0 Å². The van der Waals surface area contributed by atoms with Crippen molar-refractivity contribution in [1.82, 2.24) is 0 Å². The quantitative estimate of drug-likeness (QED) is 0.741. The Kier molecular flexibility index (Phi) is 2.01. The third-order valence-corrected chi connectivity index (χ3v) is 2.95.